The first-order chi connectivity index (χ1) is 9.40. The maximum atomic E-state index is 8.63. The quantitative estimate of drug-likeness (QED) is 0.521. The topological polar surface area (TPSA) is 81.3 Å². The molecule has 1 aromatic heterocycles. The highest BCUT2D eigenvalue weighted by molar-refractivity contribution is 7.79. The van der Waals surface area contributed by atoms with Gasteiger partial charge in [0.25, 0.3) is 0 Å². The van der Waals surface area contributed by atoms with Crippen LogP contribution in [0.15, 0.2) is 60.9 Å². The summed E-state index contributed by atoms with van der Waals surface area (Å²) in [5, 5.41) is 0. The second-order valence-corrected chi connectivity index (χ2v) is 4.66. The molecule has 20 heavy (non-hydrogen) atoms. The summed E-state index contributed by atoms with van der Waals surface area (Å²) in [5.74, 6) is 0. The van der Waals surface area contributed by atoms with Gasteiger partial charge in [0, 0.05) is 24.3 Å². The van der Waals surface area contributed by atoms with Gasteiger partial charge in [0.05, 0.1) is 0 Å². The predicted octanol–water partition coefficient (Wildman–Crippen LogP) is 2.00. The van der Waals surface area contributed by atoms with E-state index in [9.17, 15) is 0 Å². The fourth-order valence-electron chi connectivity index (χ4n) is 1.55. The van der Waals surface area contributed by atoms with Crippen LogP contribution < -0.4 is 4.57 Å². The van der Waals surface area contributed by atoms with Crippen molar-refractivity contribution in [2.45, 2.75) is 6.92 Å². The van der Waals surface area contributed by atoms with Crippen LogP contribution >= 0.6 is 0 Å². The number of aromatic nitrogens is 1. The highest BCUT2D eigenvalue weighted by Gasteiger charge is 2.02. The lowest BCUT2D eigenvalue weighted by Crippen LogP contribution is -2.28. The first-order valence-electron chi connectivity index (χ1n) is 5.78. The normalized spacial score (nSPS) is 10.9. The monoisotopic (exact) mass is 293 g/mol. The lowest BCUT2D eigenvalue weighted by molar-refractivity contribution is -0.595. The molecule has 0 spiro atoms. The van der Waals surface area contributed by atoms with Gasteiger partial charge >= 0.3 is 0 Å². The Bertz CT molecular complexity index is 659. The molecule has 0 aliphatic heterocycles. The van der Waals surface area contributed by atoms with E-state index in [0.29, 0.717) is 0 Å². The van der Waals surface area contributed by atoms with Crippen LogP contribution in [0.25, 0.3) is 11.8 Å². The highest BCUT2D eigenvalue weighted by Crippen LogP contribution is 2.06. The van der Waals surface area contributed by atoms with Crippen LogP contribution in [0.4, 0.5) is 0 Å². The Balaban J connectivity index is 0.000000347. The maximum Gasteiger partial charge on any atom is 0.215 e. The molecule has 0 saturated carbocycles. The number of hydrogen-bond acceptors (Lipinski definition) is 3. The summed E-state index contributed by atoms with van der Waals surface area (Å²) in [6.45, 7) is 2.03. The van der Waals surface area contributed by atoms with E-state index in [1.54, 1.807) is 0 Å². The van der Waals surface area contributed by atoms with E-state index < -0.39 is 10.4 Å². The van der Waals surface area contributed by atoms with Crippen molar-refractivity contribution in [3.05, 3.63) is 66.5 Å². The molecule has 0 aliphatic rings. The summed E-state index contributed by atoms with van der Waals surface area (Å²) >= 11 is 0. The first-order valence-corrected chi connectivity index (χ1v) is 7.14. The zero-order chi connectivity index (χ0) is 15.0. The van der Waals surface area contributed by atoms with Gasteiger partial charge in [0.1, 0.15) is 0 Å². The van der Waals surface area contributed by atoms with Crippen LogP contribution in [0.1, 0.15) is 12.5 Å². The number of benzene rings is 1. The molecule has 0 amide bonds. The second-order valence-electron chi connectivity index (χ2n) is 3.81. The third-order valence-electron chi connectivity index (χ3n) is 2.24. The van der Waals surface area contributed by atoms with Crippen LogP contribution in [-0.2, 0) is 10.4 Å². The molecule has 0 atom stereocenters. The molecule has 0 unspecified atom stereocenters. The Morgan fingerprint density at radius 3 is 2.30 bits per heavy atom. The predicted molar refractivity (Wildman–Crippen MR) is 75.0 cm³/mol. The minimum absolute atomic E-state index is 1.19. The van der Waals surface area contributed by atoms with E-state index in [1.807, 2.05) is 25.1 Å². The van der Waals surface area contributed by atoms with Gasteiger partial charge in [-0.25, -0.2) is 8.42 Å². The molecule has 0 fully saturated rings. The SMILES string of the molecule is CC=Cc1cccc(-[n+]2ccccc2)c1.O=S(=O)([O-])O. The van der Waals surface area contributed by atoms with Crippen molar-refractivity contribution in [1.82, 2.24) is 0 Å². The summed E-state index contributed by atoms with van der Waals surface area (Å²) in [6.07, 6.45) is 8.26. The average molecular weight is 293 g/mol. The van der Waals surface area contributed by atoms with Crippen LogP contribution in [0.5, 0.6) is 0 Å². The summed E-state index contributed by atoms with van der Waals surface area (Å²) in [5.41, 5.74) is 2.41. The van der Waals surface area contributed by atoms with Crippen molar-refractivity contribution in [3.63, 3.8) is 0 Å². The van der Waals surface area contributed by atoms with Crippen LogP contribution in [0, 0.1) is 0 Å². The highest BCUT2D eigenvalue weighted by atomic mass is 32.3. The molecule has 0 saturated heterocycles. The molecule has 1 aromatic carbocycles. The second kappa shape index (κ2) is 7.54. The molecule has 1 N–H and O–H groups in total. The van der Waals surface area contributed by atoms with Gasteiger partial charge in [0.2, 0.25) is 16.1 Å². The number of hydrogen-bond donors (Lipinski definition) is 1. The van der Waals surface area contributed by atoms with E-state index in [0.717, 1.165) is 0 Å². The van der Waals surface area contributed by atoms with Crippen molar-refractivity contribution in [2.24, 2.45) is 0 Å². The van der Waals surface area contributed by atoms with Gasteiger partial charge in [-0.15, -0.1) is 0 Å². The fourth-order valence-corrected chi connectivity index (χ4v) is 1.55. The molecule has 5 nitrogen and oxygen atoms in total. The van der Waals surface area contributed by atoms with Gasteiger partial charge < -0.3 is 4.55 Å². The molecule has 0 radical (unpaired) electrons. The lowest BCUT2D eigenvalue weighted by atomic mass is 10.2. The molecule has 0 aliphatic carbocycles. The number of pyridine rings is 1. The van der Waals surface area contributed by atoms with Crippen molar-refractivity contribution in [1.29, 1.82) is 0 Å². The molecule has 106 valence electrons. The maximum absolute atomic E-state index is 8.63. The molecule has 2 rings (SSSR count). The number of allylic oxidation sites excluding steroid dienone is 1. The molecule has 0 bridgehead atoms. The Morgan fingerprint density at radius 2 is 1.75 bits per heavy atom. The van der Waals surface area contributed by atoms with Gasteiger partial charge in [0.15, 0.2) is 12.4 Å². The molecule has 6 heteroatoms. The molecule has 1 heterocycles. The van der Waals surface area contributed by atoms with Crippen LogP contribution in [0.3, 0.4) is 0 Å². The van der Waals surface area contributed by atoms with E-state index in [1.165, 1.54) is 11.3 Å². The minimum atomic E-state index is -4.92. The standard InChI is InChI=1S/C14H14N.H2O4S/c1-2-7-13-8-6-9-14(12-13)15-10-4-3-5-11-15;1-5(2,3)4/h2-12H,1H3;(H2,1,2,3,4)/q+1;/p-1. The third-order valence-corrected chi connectivity index (χ3v) is 2.24. The van der Waals surface area contributed by atoms with Gasteiger partial charge in [-0.05, 0) is 12.5 Å². The Kier molecular flexibility index (Phi) is 6.05. The van der Waals surface area contributed by atoms with Gasteiger partial charge in [-0.2, -0.15) is 4.57 Å². The van der Waals surface area contributed by atoms with E-state index >= 15 is 0 Å². The Morgan fingerprint density at radius 1 is 1.15 bits per heavy atom. The average Bonchev–Trinajstić information content (AvgIpc) is 2.39. The zero-order valence-corrected chi connectivity index (χ0v) is 11.7. The summed E-state index contributed by atoms with van der Waals surface area (Å²) in [7, 11) is -4.92. The summed E-state index contributed by atoms with van der Waals surface area (Å²) in [4.78, 5) is 0. The fraction of sp³-hybridized carbons (Fsp3) is 0.0714. The van der Waals surface area contributed by atoms with Gasteiger partial charge in [-0.1, -0.05) is 30.4 Å². The molecular weight excluding hydrogens is 278 g/mol. The lowest BCUT2D eigenvalue weighted by Gasteiger charge is -1.96. The van der Waals surface area contributed by atoms with Crippen molar-refractivity contribution in [3.8, 4) is 5.69 Å². The van der Waals surface area contributed by atoms with E-state index in [2.05, 4.69) is 53.4 Å². The molecular formula is C14H15NO4S. The number of rotatable bonds is 2. The Hall–Kier alpha value is -2.02. The Labute approximate surface area is 118 Å². The zero-order valence-electron chi connectivity index (χ0n) is 10.9. The van der Waals surface area contributed by atoms with Crippen molar-refractivity contribution < 1.29 is 22.1 Å². The van der Waals surface area contributed by atoms with E-state index in [4.69, 9.17) is 17.5 Å². The third kappa shape index (κ3) is 6.79. The van der Waals surface area contributed by atoms with Gasteiger partial charge in [-0.3, -0.25) is 4.55 Å². The smallest absolute Gasteiger partial charge is 0.215 e. The first kappa shape index (κ1) is 16.0. The largest absolute Gasteiger partial charge is 0.726 e. The number of nitrogens with zero attached hydrogens (tertiary/aromatic N) is 1. The molecule has 2 aromatic rings. The minimum Gasteiger partial charge on any atom is -0.726 e. The summed E-state index contributed by atoms with van der Waals surface area (Å²) < 4.78 is 34.9. The van der Waals surface area contributed by atoms with Crippen LogP contribution in [0.2, 0.25) is 0 Å². The summed E-state index contributed by atoms with van der Waals surface area (Å²) in [6, 6.07) is 14.5. The van der Waals surface area contributed by atoms with Crippen LogP contribution in [-0.4, -0.2) is 17.5 Å². The van der Waals surface area contributed by atoms with Crippen molar-refractivity contribution >= 4 is 16.5 Å². The van der Waals surface area contributed by atoms with E-state index in [-0.39, 0.29) is 0 Å². The van der Waals surface area contributed by atoms with Crippen molar-refractivity contribution in [2.75, 3.05) is 0 Å².